The number of nitrogens with one attached hydrogen (secondary N) is 1. The maximum absolute atomic E-state index is 13.9. The van der Waals surface area contributed by atoms with Crippen LogP contribution in [0.25, 0.3) is 0 Å². The third kappa shape index (κ3) is 4.95. The molecule has 1 aromatic carbocycles. The van der Waals surface area contributed by atoms with E-state index in [1.165, 1.54) is 6.42 Å². The summed E-state index contributed by atoms with van der Waals surface area (Å²) in [6, 6.07) is 10.1. The van der Waals surface area contributed by atoms with E-state index in [-0.39, 0.29) is 18.0 Å². The first-order valence-corrected chi connectivity index (χ1v) is 12.9. The fourth-order valence-corrected chi connectivity index (χ4v) is 6.21. The molecule has 4 fully saturated rings. The Kier molecular flexibility index (Phi) is 6.84. The van der Waals surface area contributed by atoms with E-state index in [4.69, 9.17) is 4.74 Å². The van der Waals surface area contributed by atoms with Crippen LogP contribution in [-0.2, 0) is 19.9 Å². The van der Waals surface area contributed by atoms with Gasteiger partial charge in [0.15, 0.2) is 18.5 Å². The molecule has 1 N–H and O–H groups in total. The van der Waals surface area contributed by atoms with Crippen LogP contribution in [0.2, 0.25) is 0 Å². The fraction of sp³-hybridized carbons (Fsp3) is 0.556. The van der Waals surface area contributed by atoms with Crippen molar-refractivity contribution in [3.05, 3.63) is 54.5 Å². The van der Waals surface area contributed by atoms with Crippen LogP contribution in [0, 0.1) is 5.92 Å². The molecule has 4 aliphatic rings. The Morgan fingerprint density at radius 3 is 2.54 bits per heavy atom. The number of carbonyl (C=O) groups excluding carboxylic acids is 2. The minimum Gasteiger partial charge on any atom is -0.454 e. The van der Waals surface area contributed by atoms with E-state index in [0.29, 0.717) is 29.3 Å². The molecule has 1 amide bonds. The Balaban J connectivity index is 1.30. The summed E-state index contributed by atoms with van der Waals surface area (Å²) in [5.74, 6) is 0.596. The molecule has 4 aliphatic heterocycles. The molecule has 0 unspecified atom stereocenters. The molecule has 186 valence electrons. The summed E-state index contributed by atoms with van der Waals surface area (Å²) in [6.45, 7) is 6.75. The average Bonchev–Trinajstić information content (AvgIpc) is 2.90. The Hall–Kier alpha value is -2.84. The molecule has 6 rings (SSSR count). The molecule has 8 nitrogen and oxygen atoms in total. The van der Waals surface area contributed by atoms with Crippen LogP contribution in [0.4, 0.5) is 5.82 Å². The highest BCUT2D eigenvalue weighted by molar-refractivity contribution is 5.90. The van der Waals surface area contributed by atoms with Crippen molar-refractivity contribution in [2.24, 2.45) is 5.92 Å². The van der Waals surface area contributed by atoms with Crippen LogP contribution in [0.5, 0.6) is 0 Å². The van der Waals surface area contributed by atoms with Gasteiger partial charge >= 0.3 is 5.97 Å². The summed E-state index contributed by atoms with van der Waals surface area (Å²) in [6.07, 6.45) is 9.89. The second-order valence-electron chi connectivity index (χ2n) is 10.5. The van der Waals surface area contributed by atoms with Gasteiger partial charge < -0.3 is 14.5 Å². The lowest BCUT2D eigenvalue weighted by atomic mass is 9.82. The zero-order valence-corrected chi connectivity index (χ0v) is 20.6. The van der Waals surface area contributed by atoms with Gasteiger partial charge in [-0.2, -0.15) is 0 Å². The van der Waals surface area contributed by atoms with Gasteiger partial charge in [0, 0.05) is 31.2 Å². The van der Waals surface area contributed by atoms with E-state index in [0.717, 1.165) is 57.4 Å². The van der Waals surface area contributed by atoms with E-state index < -0.39 is 5.54 Å². The number of aromatic nitrogens is 2. The predicted octanol–water partition coefficient (Wildman–Crippen LogP) is 2.97. The molecule has 4 saturated heterocycles. The quantitative estimate of drug-likeness (QED) is 0.487. The third-order valence-corrected chi connectivity index (χ3v) is 8.33. The minimum absolute atomic E-state index is 0.0710. The summed E-state index contributed by atoms with van der Waals surface area (Å²) < 4.78 is 7.03. The highest BCUT2D eigenvalue weighted by atomic mass is 16.5. The molecule has 5 heterocycles. The molecule has 0 spiro atoms. The van der Waals surface area contributed by atoms with Gasteiger partial charge in [0.05, 0.1) is 19.3 Å². The van der Waals surface area contributed by atoms with Crippen molar-refractivity contribution in [1.82, 2.24) is 14.9 Å². The number of anilines is 1. The molecule has 1 aromatic heterocycles. The smallest absolute Gasteiger partial charge is 0.331 e. The number of likely N-dealkylation sites (tertiary alicyclic amines) is 1. The van der Waals surface area contributed by atoms with Crippen LogP contribution in [0.3, 0.4) is 0 Å². The Morgan fingerprint density at radius 1 is 1.11 bits per heavy atom. The number of rotatable bonds is 7. The summed E-state index contributed by atoms with van der Waals surface area (Å²) in [4.78, 5) is 37.2. The monoisotopic (exact) mass is 478 g/mol. The normalized spacial score (nSPS) is 28.1. The Morgan fingerprint density at radius 2 is 1.86 bits per heavy atom. The number of hydrogen-bond donors (Lipinski definition) is 1. The van der Waals surface area contributed by atoms with Gasteiger partial charge in [-0.1, -0.05) is 36.8 Å². The number of nitrogens with zero attached hydrogens (tertiary/aromatic N) is 4. The number of amides is 1. The van der Waals surface area contributed by atoms with Gasteiger partial charge in [0.2, 0.25) is 0 Å². The second kappa shape index (κ2) is 10.0. The molecule has 8 heteroatoms. The lowest BCUT2D eigenvalue weighted by Gasteiger charge is -2.52. The summed E-state index contributed by atoms with van der Waals surface area (Å²) in [7, 11) is 0. The summed E-state index contributed by atoms with van der Waals surface area (Å²) in [5.41, 5.74) is 0.183. The second-order valence-corrected chi connectivity index (χ2v) is 10.5. The Bertz CT molecular complexity index is 1020. The van der Waals surface area contributed by atoms with Gasteiger partial charge in [-0.15, -0.1) is 0 Å². The van der Waals surface area contributed by atoms with E-state index in [9.17, 15) is 9.59 Å². The van der Waals surface area contributed by atoms with E-state index in [1.54, 1.807) is 18.6 Å². The van der Waals surface area contributed by atoms with Gasteiger partial charge in [-0.25, -0.2) is 9.78 Å². The molecule has 2 bridgehead atoms. The lowest BCUT2D eigenvalue weighted by molar-refractivity contribution is -0.939. The predicted molar refractivity (Wildman–Crippen MR) is 132 cm³/mol. The molecule has 35 heavy (non-hydrogen) atoms. The van der Waals surface area contributed by atoms with Crippen molar-refractivity contribution in [1.29, 1.82) is 0 Å². The number of ether oxygens (including phenoxy) is 1. The van der Waals surface area contributed by atoms with Crippen molar-refractivity contribution in [3.8, 4) is 0 Å². The van der Waals surface area contributed by atoms with Crippen LogP contribution >= 0.6 is 0 Å². The SMILES string of the molecule is C[C@@](C(=O)O[C@H]1C[N+]2(CC(=O)Nc3cnccn3)CCC1CC2)(c1ccccc1)N1CCCCC1. The Labute approximate surface area is 207 Å². The fourth-order valence-electron chi connectivity index (χ4n) is 6.21. The zero-order valence-electron chi connectivity index (χ0n) is 20.6. The molecule has 0 aliphatic carbocycles. The van der Waals surface area contributed by atoms with Crippen molar-refractivity contribution in [3.63, 3.8) is 0 Å². The van der Waals surface area contributed by atoms with Crippen molar-refractivity contribution >= 4 is 17.7 Å². The van der Waals surface area contributed by atoms with Gasteiger partial charge in [-0.05, 0) is 38.4 Å². The van der Waals surface area contributed by atoms with Crippen LogP contribution in [0.1, 0.15) is 44.6 Å². The minimum atomic E-state index is -0.804. The molecular formula is C27H36N5O3+. The van der Waals surface area contributed by atoms with E-state index in [2.05, 4.69) is 20.2 Å². The topological polar surface area (TPSA) is 84.4 Å². The molecular weight excluding hydrogens is 442 g/mol. The van der Waals surface area contributed by atoms with E-state index >= 15 is 0 Å². The third-order valence-electron chi connectivity index (χ3n) is 8.33. The summed E-state index contributed by atoms with van der Waals surface area (Å²) in [5, 5.41) is 2.87. The highest BCUT2D eigenvalue weighted by Gasteiger charge is 2.51. The number of hydrogen-bond acceptors (Lipinski definition) is 6. The maximum Gasteiger partial charge on any atom is 0.331 e. The number of fused-ring (bicyclic) bond motifs is 3. The number of carbonyl (C=O) groups is 2. The van der Waals surface area contributed by atoms with Crippen molar-refractivity contribution in [2.75, 3.05) is 44.6 Å². The number of quaternary nitrogens is 1. The first-order valence-electron chi connectivity index (χ1n) is 12.9. The lowest BCUT2D eigenvalue weighted by Crippen LogP contribution is -2.66. The zero-order chi connectivity index (χ0) is 24.3. The first-order chi connectivity index (χ1) is 17.0. The van der Waals surface area contributed by atoms with Crippen LogP contribution in [-0.4, -0.2) is 76.6 Å². The van der Waals surface area contributed by atoms with Gasteiger partial charge in [0.1, 0.15) is 12.1 Å². The molecule has 2 atom stereocenters. The molecule has 2 aromatic rings. The standard InChI is InChI=1S/C27H35N5O3/c1-27(22-8-4-2-5-9-22,31-14-6-3-7-15-31)26(34)35-23-19-32(16-10-21(23)11-17-32)20-25(33)30-24-18-28-12-13-29-24/h2,4-5,8-9,12-13,18,21,23H,3,6-7,10-11,14-17,19-20H2,1H3/p+1/t21?,23-,27-,32?/m0/s1. The van der Waals surface area contributed by atoms with Gasteiger partial charge in [0.25, 0.3) is 5.91 Å². The highest BCUT2D eigenvalue weighted by Crippen LogP contribution is 2.38. The van der Waals surface area contributed by atoms with Crippen molar-refractivity contribution < 1.29 is 18.8 Å². The van der Waals surface area contributed by atoms with Crippen LogP contribution < -0.4 is 5.32 Å². The average molecular weight is 479 g/mol. The number of esters is 1. The maximum atomic E-state index is 13.9. The number of piperidine rings is 4. The van der Waals surface area contributed by atoms with Crippen LogP contribution in [0.15, 0.2) is 48.9 Å². The number of benzene rings is 1. The summed E-state index contributed by atoms with van der Waals surface area (Å²) >= 11 is 0. The molecule has 0 radical (unpaired) electrons. The largest absolute Gasteiger partial charge is 0.454 e. The van der Waals surface area contributed by atoms with E-state index in [1.807, 2.05) is 37.3 Å². The van der Waals surface area contributed by atoms with Gasteiger partial charge in [-0.3, -0.25) is 14.7 Å². The van der Waals surface area contributed by atoms with Crippen molar-refractivity contribution in [2.45, 2.75) is 50.7 Å². The first kappa shape index (κ1) is 23.9. The molecule has 0 saturated carbocycles.